The molecule has 0 aliphatic heterocycles. The van der Waals surface area contributed by atoms with Gasteiger partial charge >= 0.3 is 7.60 Å². The van der Waals surface area contributed by atoms with Crippen molar-refractivity contribution >= 4 is 19.4 Å². The number of aliphatic hydroxyl groups is 1. The largest absolute Gasteiger partial charge is 0.379 e. The van der Waals surface area contributed by atoms with Gasteiger partial charge in [-0.05, 0) is 36.7 Å². The fourth-order valence-electron chi connectivity index (χ4n) is 4.70. The van der Waals surface area contributed by atoms with Crippen LogP contribution in [-0.2, 0) is 29.6 Å². The highest BCUT2D eigenvalue weighted by atomic mass is 31.2. The van der Waals surface area contributed by atoms with E-state index >= 15 is 0 Å². The highest BCUT2D eigenvalue weighted by molar-refractivity contribution is 7.54. The number of aliphatic hydroxyl groups excluding tert-OH is 1. The van der Waals surface area contributed by atoms with Gasteiger partial charge in [-0.25, -0.2) is 0 Å². The van der Waals surface area contributed by atoms with Crippen molar-refractivity contribution < 1.29 is 28.3 Å². The SMILES string of the molecule is COP(=O)(OC)[C@@H](O)[C@H](CC1CCCCC1)NC(=O)[C@H](CC(C)C)NC(=O)CCc1ccccc1. The standard InChI is InChI=1S/C26H43N2O6P/c1-19(2)17-22(27-24(29)16-15-20-11-7-5-8-12-20)25(30)28-23(18-21-13-9-6-10-14-21)26(31)35(32,33-3)34-4/h5,7-8,11-12,19,21-23,26,31H,6,9-10,13-18H2,1-4H3,(H,27,29)(H,28,30)/t22-,23-,26+/m0/s1. The lowest BCUT2D eigenvalue weighted by molar-refractivity contribution is -0.130. The molecular formula is C26H43N2O6P. The van der Waals surface area contributed by atoms with Gasteiger partial charge in [0.2, 0.25) is 11.8 Å². The van der Waals surface area contributed by atoms with E-state index in [1.54, 1.807) is 0 Å². The zero-order valence-corrected chi connectivity index (χ0v) is 22.5. The Bertz CT molecular complexity index is 820. The van der Waals surface area contributed by atoms with Crippen LogP contribution in [0.15, 0.2) is 30.3 Å². The zero-order chi connectivity index (χ0) is 25.8. The molecule has 0 spiro atoms. The summed E-state index contributed by atoms with van der Waals surface area (Å²) in [7, 11) is -1.38. The van der Waals surface area contributed by atoms with E-state index in [9.17, 15) is 19.3 Å². The molecule has 198 valence electrons. The Balaban J connectivity index is 2.11. The lowest BCUT2D eigenvalue weighted by Crippen LogP contribution is -2.53. The summed E-state index contributed by atoms with van der Waals surface area (Å²) in [5.74, 6) is -1.65. The Morgan fingerprint density at radius 3 is 2.26 bits per heavy atom. The molecule has 35 heavy (non-hydrogen) atoms. The van der Waals surface area contributed by atoms with Crippen LogP contribution in [0.4, 0.5) is 0 Å². The van der Waals surface area contributed by atoms with Gasteiger partial charge in [-0.3, -0.25) is 14.2 Å². The van der Waals surface area contributed by atoms with Crippen LogP contribution in [0.25, 0.3) is 0 Å². The van der Waals surface area contributed by atoms with E-state index in [0.717, 1.165) is 31.2 Å². The summed E-state index contributed by atoms with van der Waals surface area (Å²) in [6, 6.07) is 8.14. The van der Waals surface area contributed by atoms with Crippen molar-refractivity contribution in [3.05, 3.63) is 35.9 Å². The first-order valence-corrected chi connectivity index (χ1v) is 14.3. The van der Waals surface area contributed by atoms with E-state index in [1.165, 1.54) is 20.6 Å². The average Bonchev–Trinajstić information content (AvgIpc) is 2.86. The molecular weight excluding hydrogens is 467 g/mol. The molecule has 0 radical (unpaired) electrons. The fourth-order valence-corrected chi connectivity index (χ4v) is 5.92. The lowest BCUT2D eigenvalue weighted by Gasteiger charge is -2.33. The second kappa shape index (κ2) is 14.7. The molecule has 1 aliphatic carbocycles. The van der Waals surface area contributed by atoms with Crippen LogP contribution in [-0.4, -0.2) is 49.1 Å². The van der Waals surface area contributed by atoms with E-state index in [1.807, 2.05) is 44.2 Å². The maximum atomic E-state index is 13.3. The van der Waals surface area contributed by atoms with Crippen molar-refractivity contribution in [1.29, 1.82) is 0 Å². The second-order valence-corrected chi connectivity index (χ2v) is 12.2. The molecule has 3 N–H and O–H groups in total. The number of carbonyl (C=O) groups is 2. The van der Waals surface area contributed by atoms with Crippen LogP contribution in [0.5, 0.6) is 0 Å². The first-order valence-electron chi connectivity index (χ1n) is 12.7. The van der Waals surface area contributed by atoms with E-state index in [-0.39, 0.29) is 18.2 Å². The van der Waals surface area contributed by atoms with Gasteiger partial charge in [-0.2, -0.15) is 0 Å². The molecule has 9 heteroatoms. The minimum atomic E-state index is -3.83. The third-order valence-corrected chi connectivity index (χ3v) is 8.70. The quantitative estimate of drug-likeness (QED) is 0.320. The summed E-state index contributed by atoms with van der Waals surface area (Å²) < 4.78 is 23.0. The van der Waals surface area contributed by atoms with Gasteiger partial charge in [-0.15, -0.1) is 0 Å². The molecule has 1 aliphatic rings. The van der Waals surface area contributed by atoms with E-state index in [4.69, 9.17) is 9.05 Å². The fraction of sp³-hybridized carbons (Fsp3) is 0.692. The first-order chi connectivity index (χ1) is 16.7. The van der Waals surface area contributed by atoms with Crippen molar-refractivity contribution in [3.63, 3.8) is 0 Å². The molecule has 0 saturated heterocycles. The lowest BCUT2D eigenvalue weighted by atomic mass is 9.85. The minimum absolute atomic E-state index is 0.158. The van der Waals surface area contributed by atoms with Crippen molar-refractivity contribution in [2.24, 2.45) is 11.8 Å². The molecule has 3 atom stereocenters. The predicted octanol–water partition coefficient (Wildman–Crippen LogP) is 4.41. The van der Waals surface area contributed by atoms with Crippen molar-refractivity contribution in [3.8, 4) is 0 Å². The summed E-state index contributed by atoms with van der Waals surface area (Å²) in [4.78, 5) is 26.0. The van der Waals surface area contributed by atoms with Crippen molar-refractivity contribution in [2.75, 3.05) is 14.2 Å². The molecule has 1 saturated carbocycles. The summed E-state index contributed by atoms with van der Waals surface area (Å²) >= 11 is 0. The van der Waals surface area contributed by atoms with Gasteiger partial charge in [0.05, 0.1) is 6.04 Å². The Morgan fingerprint density at radius 2 is 1.69 bits per heavy atom. The normalized spacial score (nSPS) is 17.5. The number of benzene rings is 1. The molecule has 0 heterocycles. The number of amides is 2. The van der Waals surface area contributed by atoms with Crippen LogP contribution >= 0.6 is 7.60 Å². The van der Waals surface area contributed by atoms with Gasteiger partial charge in [-0.1, -0.05) is 76.3 Å². The highest BCUT2D eigenvalue weighted by Crippen LogP contribution is 2.52. The Labute approximate surface area is 210 Å². The van der Waals surface area contributed by atoms with Gasteiger partial charge in [0.15, 0.2) is 5.85 Å². The summed E-state index contributed by atoms with van der Waals surface area (Å²) in [5.41, 5.74) is 1.05. The molecule has 1 aromatic rings. The number of aryl methyl sites for hydroxylation is 1. The molecule has 0 bridgehead atoms. The number of hydrogen-bond acceptors (Lipinski definition) is 6. The Morgan fingerprint density at radius 1 is 1.06 bits per heavy atom. The zero-order valence-electron chi connectivity index (χ0n) is 21.6. The van der Waals surface area contributed by atoms with Gasteiger partial charge in [0.25, 0.3) is 0 Å². The molecule has 2 rings (SSSR count). The highest BCUT2D eigenvalue weighted by Gasteiger charge is 2.41. The summed E-state index contributed by atoms with van der Waals surface area (Å²) in [5, 5.41) is 16.7. The average molecular weight is 511 g/mol. The third kappa shape index (κ3) is 9.68. The summed E-state index contributed by atoms with van der Waals surface area (Å²) in [6.07, 6.45) is 7.13. The number of carbonyl (C=O) groups excluding carboxylic acids is 2. The maximum Gasteiger partial charge on any atom is 0.360 e. The topological polar surface area (TPSA) is 114 Å². The summed E-state index contributed by atoms with van der Waals surface area (Å²) in [6.45, 7) is 3.96. The van der Waals surface area contributed by atoms with Crippen LogP contribution in [0.2, 0.25) is 0 Å². The van der Waals surface area contributed by atoms with Crippen LogP contribution in [0.3, 0.4) is 0 Å². The van der Waals surface area contributed by atoms with Gasteiger partial charge < -0.3 is 24.8 Å². The van der Waals surface area contributed by atoms with E-state index in [2.05, 4.69) is 10.6 Å². The van der Waals surface area contributed by atoms with E-state index in [0.29, 0.717) is 25.2 Å². The molecule has 1 fully saturated rings. The number of rotatable bonds is 14. The Kier molecular flexibility index (Phi) is 12.4. The number of hydrogen-bond donors (Lipinski definition) is 3. The van der Waals surface area contributed by atoms with Crippen LogP contribution in [0.1, 0.15) is 70.8 Å². The minimum Gasteiger partial charge on any atom is -0.379 e. The number of nitrogens with one attached hydrogen (secondary N) is 2. The Hall–Kier alpha value is -1.73. The molecule has 2 amide bonds. The maximum absolute atomic E-state index is 13.3. The molecule has 1 aromatic carbocycles. The van der Waals surface area contributed by atoms with Gasteiger partial charge in [0.1, 0.15) is 6.04 Å². The van der Waals surface area contributed by atoms with Crippen molar-refractivity contribution in [2.45, 2.75) is 89.6 Å². The smallest absolute Gasteiger partial charge is 0.360 e. The second-order valence-electron chi connectivity index (χ2n) is 9.91. The predicted molar refractivity (Wildman–Crippen MR) is 137 cm³/mol. The molecule has 0 unspecified atom stereocenters. The van der Waals surface area contributed by atoms with Crippen molar-refractivity contribution in [1.82, 2.24) is 10.6 Å². The van der Waals surface area contributed by atoms with Gasteiger partial charge in [0, 0.05) is 20.6 Å². The first kappa shape index (κ1) is 29.5. The monoisotopic (exact) mass is 510 g/mol. The van der Waals surface area contributed by atoms with Crippen LogP contribution < -0.4 is 10.6 Å². The molecule has 0 aromatic heterocycles. The van der Waals surface area contributed by atoms with E-state index < -0.39 is 31.4 Å². The third-order valence-electron chi connectivity index (χ3n) is 6.67. The van der Waals surface area contributed by atoms with Crippen LogP contribution in [0, 0.1) is 11.8 Å². The molecule has 8 nitrogen and oxygen atoms in total.